The second-order valence-electron chi connectivity index (χ2n) is 13.5. The molecular weight excluding hydrogens is 647 g/mol. The van der Waals surface area contributed by atoms with Crippen molar-refractivity contribution in [3.8, 4) is 67.5 Å². The molecule has 7 aromatic carbocycles. The van der Waals surface area contributed by atoms with Crippen LogP contribution in [0.3, 0.4) is 0 Å². The Balaban J connectivity index is 1.08. The molecule has 0 radical (unpaired) electrons. The Morgan fingerprint density at radius 1 is 0.415 bits per heavy atom. The summed E-state index contributed by atoms with van der Waals surface area (Å²) in [5, 5.41) is 2.02. The number of aromatic nitrogens is 3. The summed E-state index contributed by atoms with van der Waals surface area (Å²) in [5.41, 5.74) is 12.8. The number of rotatable bonds is 9. The Bertz CT molecular complexity index is 2660. The minimum absolute atomic E-state index is 0.602. The van der Waals surface area contributed by atoms with Crippen molar-refractivity contribution in [3.05, 3.63) is 175 Å². The van der Waals surface area contributed by atoms with Crippen LogP contribution >= 0.6 is 0 Å². The third-order valence-electron chi connectivity index (χ3n) is 9.98. The highest BCUT2D eigenvalue weighted by molar-refractivity contribution is 6.12. The van der Waals surface area contributed by atoms with Gasteiger partial charge in [-0.25, -0.2) is 15.0 Å². The zero-order chi connectivity index (χ0) is 35.6. The van der Waals surface area contributed by atoms with Crippen molar-refractivity contribution in [2.45, 2.75) is 26.2 Å². The molecule has 0 atom stereocenters. The Hall–Kier alpha value is -6.65. The van der Waals surface area contributed by atoms with Crippen LogP contribution in [0.4, 0.5) is 0 Å². The normalized spacial score (nSPS) is 11.3. The van der Waals surface area contributed by atoms with Crippen molar-refractivity contribution in [1.82, 2.24) is 15.0 Å². The van der Waals surface area contributed by atoms with Crippen LogP contribution in [-0.4, -0.2) is 15.0 Å². The molecule has 0 fully saturated rings. The maximum atomic E-state index is 6.37. The van der Waals surface area contributed by atoms with Gasteiger partial charge in [-0.3, -0.25) is 0 Å². The fourth-order valence-electron chi connectivity index (χ4n) is 7.08. The van der Waals surface area contributed by atoms with E-state index in [1.807, 2.05) is 48.5 Å². The minimum atomic E-state index is 0.602. The maximum absolute atomic E-state index is 6.37. The lowest BCUT2D eigenvalue weighted by molar-refractivity contribution is 0.669. The van der Waals surface area contributed by atoms with E-state index >= 15 is 0 Å². The smallest absolute Gasteiger partial charge is 0.164 e. The molecule has 0 aliphatic heterocycles. The third kappa shape index (κ3) is 6.52. The average molecular weight is 684 g/mol. The molecule has 0 bridgehead atoms. The van der Waals surface area contributed by atoms with Crippen molar-refractivity contribution in [3.63, 3.8) is 0 Å². The topological polar surface area (TPSA) is 51.8 Å². The van der Waals surface area contributed by atoms with E-state index in [1.54, 1.807) is 0 Å². The minimum Gasteiger partial charge on any atom is -0.456 e. The zero-order valence-corrected chi connectivity index (χ0v) is 29.5. The summed E-state index contributed by atoms with van der Waals surface area (Å²) in [6, 6.07) is 59.3. The van der Waals surface area contributed by atoms with E-state index in [-0.39, 0.29) is 0 Å². The number of benzene rings is 7. The molecule has 0 aliphatic carbocycles. The van der Waals surface area contributed by atoms with Crippen LogP contribution in [0.2, 0.25) is 0 Å². The average Bonchev–Trinajstić information content (AvgIpc) is 3.62. The first kappa shape index (κ1) is 32.3. The summed E-state index contributed by atoms with van der Waals surface area (Å²) in [5.74, 6) is 1.84. The molecule has 0 amide bonds. The Morgan fingerprint density at radius 2 is 0.906 bits per heavy atom. The first-order chi connectivity index (χ1) is 26.2. The molecule has 0 spiro atoms. The molecular formula is C49H37N3O. The number of fused-ring (bicyclic) bond motifs is 3. The summed E-state index contributed by atoms with van der Waals surface area (Å²) in [6.45, 7) is 2.24. The van der Waals surface area contributed by atoms with Crippen LogP contribution in [0.1, 0.15) is 25.3 Å². The van der Waals surface area contributed by atoms with E-state index in [9.17, 15) is 0 Å². The second kappa shape index (κ2) is 14.2. The van der Waals surface area contributed by atoms with Crippen molar-refractivity contribution < 1.29 is 4.42 Å². The zero-order valence-electron chi connectivity index (χ0n) is 29.5. The summed E-state index contributed by atoms with van der Waals surface area (Å²) >= 11 is 0. The molecule has 4 nitrogen and oxygen atoms in total. The van der Waals surface area contributed by atoms with Crippen molar-refractivity contribution >= 4 is 21.9 Å². The lowest BCUT2D eigenvalue weighted by Gasteiger charge is -2.10. The van der Waals surface area contributed by atoms with E-state index in [1.165, 1.54) is 29.5 Å². The van der Waals surface area contributed by atoms with Crippen LogP contribution in [0.25, 0.3) is 89.5 Å². The van der Waals surface area contributed by atoms with Gasteiger partial charge in [0, 0.05) is 27.5 Å². The van der Waals surface area contributed by atoms with E-state index < -0.39 is 0 Å². The number of aryl methyl sites for hydroxylation is 1. The summed E-state index contributed by atoms with van der Waals surface area (Å²) in [4.78, 5) is 15.2. The maximum Gasteiger partial charge on any atom is 0.164 e. The summed E-state index contributed by atoms with van der Waals surface area (Å²) in [6.07, 6.45) is 3.58. The SMILES string of the molecule is CCCCc1ccc(-c2ccc(-c3ccc(-c4nc(-c5ccccc5)nc(-c5cccc6oc7ccc(-c8ccccc8)cc7c56)n4)cc3)cc2)cc1. The predicted octanol–water partition coefficient (Wildman–Crippen LogP) is 13.1. The van der Waals surface area contributed by atoms with Gasteiger partial charge in [0.05, 0.1) is 0 Å². The van der Waals surface area contributed by atoms with Gasteiger partial charge in [0.15, 0.2) is 17.5 Å². The highest BCUT2D eigenvalue weighted by Crippen LogP contribution is 2.38. The van der Waals surface area contributed by atoms with Gasteiger partial charge in [-0.2, -0.15) is 0 Å². The first-order valence-electron chi connectivity index (χ1n) is 18.3. The van der Waals surface area contributed by atoms with Crippen molar-refractivity contribution in [2.24, 2.45) is 0 Å². The Morgan fingerprint density at radius 3 is 1.51 bits per heavy atom. The van der Waals surface area contributed by atoms with E-state index in [2.05, 4.69) is 128 Å². The number of nitrogens with zero attached hydrogens (tertiary/aromatic N) is 3. The van der Waals surface area contributed by atoms with Crippen LogP contribution in [-0.2, 0) is 6.42 Å². The van der Waals surface area contributed by atoms with Gasteiger partial charge in [-0.1, -0.05) is 165 Å². The Kier molecular flexibility index (Phi) is 8.63. The van der Waals surface area contributed by atoms with Gasteiger partial charge in [0.2, 0.25) is 0 Å². The monoisotopic (exact) mass is 683 g/mol. The van der Waals surface area contributed by atoms with E-state index in [0.29, 0.717) is 17.5 Å². The van der Waals surface area contributed by atoms with Gasteiger partial charge in [0.1, 0.15) is 11.2 Å². The van der Waals surface area contributed by atoms with Crippen LogP contribution in [0.15, 0.2) is 174 Å². The molecule has 2 heterocycles. The van der Waals surface area contributed by atoms with Gasteiger partial charge < -0.3 is 4.42 Å². The number of furan rings is 1. The molecule has 0 unspecified atom stereocenters. The lowest BCUT2D eigenvalue weighted by atomic mass is 9.98. The van der Waals surface area contributed by atoms with Crippen LogP contribution < -0.4 is 0 Å². The van der Waals surface area contributed by atoms with E-state index in [0.717, 1.165) is 67.3 Å². The molecule has 2 aromatic heterocycles. The Labute approximate surface area is 309 Å². The standard InChI is InChI=1S/C49H37N3O/c1-2-3-11-33-18-20-35(21-19-33)36-22-24-37(25-23-36)38-26-28-40(29-27-38)48-50-47(39-14-8-5-9-15-39)51-49(52-48)42-16-10-17-45-46(42)43-32-41(30-31-44(43)53-45)34-12-6-4-7-13-34/h4-10,12-32H,2-3,11H2,1H3. The molecule has 9 aromatic rings. The highest BCUT2D eigenvalue weighted by Gasteiger charge is 2.18. The van der Waals surface area contributed by atoms with Crippen molar-refractivity contribution in [2.75, 3.05) is 0 Å². The van der Waals surface area contributed by atoms with Crippen molar-refractivity contribution in [1.29, 1.82) is 0 Å². The molecule has 0 saturated carbocycles. The largest absolute Gasteiger partial charge is 0.456 e. The van der Waals surface area contributed by atoms with Gasteiger partial charge in [-0.15, -0.1) is 0 Å². The predicted molar refractivity (Wildman–Crippen MR) is 218 cm³/mol. The molecule has 9 rings (SSSR count). The second-order valence-corrected chi connectivity index (χ2v) is 13.5. The highest BCUT2D eigenvalue weighted by atomic mass is 16.3. The van der Waals surface area contributed by atoms with Crippen LogP contribution in [0, 0.1) is 0 Å². The number of hydrogen-bond acceptors (Lipinski definition) is 4. The summed E-state index contributed by atoms with van der Waals surface area (Å²) < 4.78 is 6.37. The molecule has 0 aliphatic rings. The molecule has 0 N–H and O–H groups in total. The molecule has 254 valence electrons. The van der Waals surface area contributed by atoms with Gasteiger partial charge in [0.25, 0.3) is 0 Å². The summed E-state index contributed by atoms with van der Waals surface area (Å²) in [7, 11) is 0. The van der Waals surface area contributed by atoms with Crippen LogP contribution in [0.5, 0.6) is 0 Å². The fourth-order valence-corrected chi connectivity index (χ4v) is 7.08. The lowest BCUT2D eigenvalue weighted by Crippen LogP contribution is -2.00. The van der Waals surface area contributed by atoms with Gasteiger partial charge >= 0.3 is 0 Å². The molecule has 53 heavy (non-hydrogen) atoms. The number of unbranched alkanes of at least 4 members (excludes halogenated alkanes) is 1. The third-order valence-corrected chi connectivity index (χ3v) is 9.98. The first-order valence-corrected chi connectivity index (χ1v) is 18.3. The fraction of sp³-hybridized carbons (Fsp3) is 0.0816. The number of hydrogen-bond donors (Lipinski definition) is 0. The van der Waals surface area contributed by atoms with Gasteiger partial charge in [-0.05, 0) is 70.0 Å². The molecule has 0 saturated heterocycles. The molecule has 4 heteroatoms. The van der Waals surface area contributed by atoms with E-state index in [4.69, 9.17) is 19.4 Å². The quantitative estimate of drug-likeness (QED) is 0.152.